The summed E-state index contributed by atoms with van der Waals surface area (Å²) in [5.41, 5.74) is -1.07. The first-order valence-corrected chi connectivity index (χ1v) is 9.34. The van der Waals surface area contributed by atoms with Crippen molar-refractivity contribution in [1.82, 2.24) is 0 Å². The first kappa shape index (κ1) is 23.0. The molecule has 0 bridgehead atoms. The van der Waals surface area contributed by atoms with E-state index in [1.54, 1.807) is 0 Å². The molecule has 9 heteroatoms. The van der Waals surface area contributed by atoms with E-state index < -0.39 is 38.1 Å². The fourth-order valence-electron chi connectivity index (χ4n) is 2.34. The minimum absolute atomic E-state index is 0.535. The van der Waals surface area contributed by atoms with Crippen LogP contribution in [0.5, 0.6) is 0 Å². The molecule has 1 aromatic carbocycles. The number of rotatable bonds is 7. The van der Waals surface area contributed by atoms with E-state index in [1.165, 1.54) is 30.7 Å². The minimum atomic E-state index is -4.64. The van der Waals surface area contributed by atoms with E-state index in [-0.39, 0.29) is 0 Å². The molecular weight excluding hydrogens is 350 g/mol. The minimum Gasteiger partial charge on any atom is -0.478 e. The summed E-state index contributed by atoms with van der Waals surface area (Å²) in [6.45, 7) is 14.2. The molecule has 0 unspecified atom stereocenters. The number of hydrogen-bond acceptors (Lipinski definition) is 4. The summed E-state index contributed by atoms with van der Waals surface area (Å²) in [4.78, 5) is 20.4. The molecule has 0 aliphatic heterocycles. The Kier molecular flexibility index (Phi) is 8.75. The first-order valence-electron chi connectivity index (χ1n) is 7.90. The maximum atomic E-state index is 10.8. The third-order valence-corrected chi connectivity index (χ3v) is 5.21. The number of aromatic carboxylic acids is 2. The Morgan fingerprint density at radius 2 is 1.16 bits per heavy atom. The van der Waals surface area contributed by atoms with Gasteiger partial charge in [-0.15, -0.1) is 0 Å². The fraction of sp³-hybridized carbons (Fsp3) is 0.500. The molecule has 0 aromatic heterocycles. The molecule has 0 heterocycles. The zero-order valence-electron chi connectivity index (χ0n) is 14.9. The highest BCUT2D eigenvalue weighted by molar-refractivity contribution is 7.85. The summed E-state index contributed by atoms with van der Waals surface area (Å²) in [6, 6.07) is 2.13. The predicted molar refractivity (Wildman–Crippen MR) is 92.6 cm³/mol. The van der Waals surface area contributed by atoms with Crippen molar-refractivity contribution in [1.29, 1.82) is 0 Å². The average Bonchev–Trinajstić information content (AvgIpc) is 2.57. The Balaban J connectivity index is 0.000000547. The van der Waals surface area contributed by atoms with Crippen LogP contribution in [0.2, 0.25) is 0 Å². The third-order valence-electron chi connectivity index (χ3n) is 4.38. The van der Waals surface area contributed by atoms with Gasteiger partial charge >= 0.3 is 11.9 Å². The molecule has 0 aliphatic carbocycles. The van der Waals surface area contributed by atoms with Crippen LogP contribution < -0.4 is 0 Å². The molecule has 25 heavy (non-hydrogen) atoms. The van der Waals surface area contributed by atoms with Crippen LogP contribution in [0, 0.1) is 0 Å². The molecular formula is C16H26NO7S+. The summed E-state index contributed by atoms with van der Waals surface area (Å²) < 4.78 is 31.5. The van der Waals surface area contributed by atoms with E-state index in [1.807, 2.05) is 0 Å². The van der Waals surface area contributed by atoms with Gasteiger partial charge in [0.15, 0.2) is 0 Å². The lowest BCUT2D eigenvalue weighted by atomic mass is 10.1. The molecule has 0 radical (unpaired) electrons. The van der Waals surface area contributed by atoms with Gasteiger partial charge in [0, 0.05) is 0 Å². The Morgan fingerprint density at radius 1 is 0.840 bits per heavy atom. The van der Waals surface area contributed by atoms with Gasteiger partial charge in [0.05, 0.1) is 42.2 Å². The van der Waals surface area contributed by atoms with Gasteiger partial charge < -0.3 is 14.7 Å². The molecule has 3 N–H and O–H groups in total. The Morgan fingerprint density at radius 3 is 1.32 bits per heavy atom. The highest BCUT2D eigenvalue weighted by atomic mass is 32.2. The van der Waals surface area contributed by atoms with Crippen molar-refractivity contribution in [2.45, 2.75) is 32.6 Å². The second-order valence-electron chi connectivity index (χ2n) is 5.44. The highest BCUT2D eigenvalue weighted by Gasteiger charge is 2.18. The van der Waals surface area contributed by atoms with Crippen molar-refractivity contribution < 1.29 is 37.3 Å². The van der Waals surface area contributed by atoms with Crippen molar-refractivity contribution in [3.8, 4) is 0 Å². The summed E-state index contributed by atoms with van der Waals surface area (Å²) in [5.74, 6) is -2.99. The van der Waals surface area contributed by atoms with E-state index in [9.17, 15) is 18.0 Å². The van der Waals surface area contributed by atoms with Gasteiger partial charge in [-0.25, -0.2) is 9.59 Å². The van der Waals surface area contributed by atoms with E-state index in [0.29, 0.717) is 12.1 Å². The molecule has 0 spiro atoms. The van der Waals surface area contributed by atoms with Gasteiger partial charge in [-0.2, -0.15) is 8.42 Å². The van der Waals surface area contributed by atoms with E-state index >= 15 is 0 Å². The number of nitrogens with zero attached hydrogens (tertiary/aromatic N) is 1. The van der Waals surface area contributed by atoms with Crippen LogP contribution in [0.15, 0.2) is 23.1 Å². The molecule has 0 saturated heterocycles. The van der Waals surface area contributed by atoms with Crippen LogP contribution in [0.3, 0.4) is 0 Å². The van der Waals surface area contributed by atoms with Gasteiger partial charge in [-0.3, -0.25) is 4.55 Å². The molecule has 8 nitrogen and oxygen atoms in total. The SMILES string of the molecule is CC[N+](CC)(CC)CC.O=C(O)c1cc(C(=O)O)cc(S(=O)(=O)O)c1. The summed E-state index contributed by atoms with van der Waals surface area (Å²) in [5, 5.41) is 17.2. The molecule has 0 amide bonds. The van der Waals surface area contributed by atoms with Crippen molar-refractivity contribution in [2.75, 3.05) is 26.2 Å². The van der Waals surface area contributed by atoms with Crippen LogP contribution >= 0.6 is 0 Å². The molecule has 0 fully saturated rings. The zero-order chi connectivity index (χ0) is 19.8. The molecule has 0 aliphatic rings. The Hall–Kier alpha value is -1.97. The molecule has 142 valence electrons. The van der Waals surface area contributed by atoms with Crippen molar-refractivity contribution >= 4 is 22.1 Å². The lowest BCUT2D eigenvalue weighted by Gasteiger charge is -2.34. The summed E-state index contributed by atoms with van der Waals surface area (Å²) in [6.07, 6.45) is 0. The fourth-order valence-corrected chi connectivity index (χ4v) is 2.89. The molecule has 0 saturated carbocycles. The number of quaternary nitrogens is 1. The maximum absolute atomic E-state index is 10.8. The van der Waals surface area contributed by atoms with Crippen LogP contribution in [-0.4, -0.2) is 65.8 Å². The lowest BCUT2D eigenvalue weighted by molar-refractivity contribution is -0.921. The predicted octanol–water partition coefficient (Wildman–Crippen LogP) is 2.21. The smallest absolute Gasteiger partial charge is 0.335 e. The van der Waals surface area contributed by atoms with Crippen molar-refractivity contribution in [3.05, 3.63) is 29.3 Å². The topological polar surface area (TPSA) is 129 Å². The Labute approximate surface area is 148 Å². The van der Waals surface area contributed by atoms with Gasteiger partial charge in [0.1, 0.15) is 0 Å². The summed E-state index contributed by atoms with van der Waals surface area (Å²) >= 11 is 0. The quantitative estimate of drug-likeness (QED) is 0.491. The van der Waals surface area contributed by atoms with Crippen LogP contribution in [0.25, 0.3) is 0 Å². The number of benzene rings is 1. The summed E-state index contributed by atoms with van der Waals surface area (Å²) in [7, 11) is -4.64. The lowest BCUT2D eigenvalue weighted by Crippen LogP contribution is -2.47. The highest BCUT2D eigenvalue weighted by Crippen LogP contribution is 2.15. The average molecular weight is 376 g/mol. The largest absolute Gasteiger partial charge is 0.478 e. The van der Waals surface area contributed by atoms with Crippen molar-refractivity contribution in [3.63, 3.8) is 0 Å². The van der Waals surface area contributed by atoms with Gasteiger partial charge in [0.25, 0.3) is 10.1 Å². The third kappa shape index (κ3) is 6.81. The molecule has 0 atom stereocenters. The number of carbonyl (C=O) groups is 2. The van der Waals surface area contributed by atoms with Gasteiger partial charge in [-0.05, 0) is 45.9 Å². The van der Waals surface area contributed by atoms with Gasteiger partial charge in [0.2, 0.25) is 0 Å². The van der Waals surface area contributed by atoms with Crippen LogP contribution in [-0.2, 0) is 10.1 Å². The monoisotopic (exact) mass is 376 g/mol. The maximum Gasteiger partial charge on any atom is 0.335 e. The van der Waals surface area contributed by atoms with E-state index in [0.717, 1.165) is 6.07 Å². The molecule has 1 aromatic rings. The van der Waals surface area contributed by atoms with E-state index in [2.05, 4.69) is 27.7 Å². The standard InChI is InChI=1S/C8H20N.C8H6O7S/c1-5-9(6-2,7-3)8-4;9-7(10)4-1-5(8(11)12)3-6(2-4)16(13,14)15/h5-8H2,1-4H3;1-3H,(H,9,10)(H,11,12)(H,13,14,15)/q+1;. The Bertz CT molecular complexity index is 659. The second kappa shape index (κ2) is 9.50. The first-order chi connectivity index (χ1) is 11.5. The van der Waals surface area contributed by atoms with E-state index in [4.69, 9.17) is 14.8 Å². The van der Waals surface area contributed by atoms with Crippen molar-refractivity contribution in [2.24, 2.45) is 0 Å². The molecule has 1 rings (SSSR count). The second-order valence-corrected chi connectivity index (χ2v) is 6.86. The number of hydrogen-bond donors (Lipinski definition) is 3. The van der Waals surface area contributed by atoms with Gasteiger partial charge in [-0.1, -0.05) is 0 Å². The van der Waals surface area contributed by atoms with Crippen LogP contribution in [0.1, 0.15) is 48.4 Å². The number of carboxylic acid groups (broad SMARTS) is 2. The number of carboxylic acids is 2. The van der Waals surface area contributed by atoms with Crippen LogP contribution in [0.4, 0.5) is 0 Å². The zero-order valence-corrected chi connectivity index (χ0v) is 15.7. The normalized spacial score (nSPS) is 11.4.